The molecule has 0 amide bonds. The molecule has 0 aliphatic rings. The molecule has 0 fully saturated rings. The molecule has 4 N–H and O–H groups in total. The highest BCUT2D eigenvalue weighted by Crippen LogP contribution is 2.38. The first-order chi connectivity index (χ1) is 6.29. The third kappa shape index (κ3) is 2.73. The lowest BCUT2D eigenvalue weighted by atomic mass is 10.1. The van der Waals surface area contributed by atoms with E-state index in [1.165, 1.54) is 12.1 Å². The highest BCUT2D eigenvalue weighted by Gasteiger charge is 2.16. The molecule has 1 aromatic carbocycles. The van der Waals surface area contributed by atoms with Crippen molar-refractivity contribution >= 4 is 13.5 Å². The fraction of sp³-hybridized carbons (Fsp3) is 0.250. The number of hydrogen-bond acceptors (Lipinski definition) is 3. The van der Waals surface area contributed by atoms with E-state index in [0.717, 1.165) is 11.1 Å². The number of rotatable bonds is 2. The largest absolute Gasteiger partial charge is 0.524 e. The Labute approximate surface area is 81.8 Å². The summed E-state index contributed by atoms with van der Waals surface area (Å²) in [6.07, 6.45) is 0. The molecule has 0 saturated carbocycles. The van der Waals surface area contributed by atoms with Gasteiger partial charge in [-0.1, -0.05) is 0 Å². The molecule has 0 spiro atoms. The molecule has 0 bridgehead atoms. The van der Waals surface area contributed by atoms with Gasteiger partial charge in [-0.15, -0.1) is 0 Å². The maximum atomic E-state index is 10.5. The molecule has 0 atom stereocenters. The molecule has 78 valence electrons. The van der Waals surface area contributed by atoms with Crippen LogP contribution in [0, 0.1) is 13.8 Å². The van der Waals surface area contributed by atoms with Gasteiger partial charge in [-0.25, -0.2) is 4.57 Å². The second kappa shape index (κ2) is 3.61. The molecular formula is C8H12NO4P. The molecule has 0 aliphatic carbocycles. The molecule has 14 heavy (non-hydrogen) atoms. The monoisotopic (exact) mass is 217 g/mol. The fourth-order valence-electron chi connectivity index (χ4n) is 1.12. The van der Waals surface area contributed by atoms with Gasteiger partial charge in [0.15, 0.2) is 0 Å². The van der Waals surface area contributed by atoms with Crippen molar-refractivity contribution in [1.29, 1.82) is 0 Å². The van der Waals surface area contributed by atoms with E-state index in [1.807, 2.05) is 0 Å². The average molecular weight is 217 g/mol. The summed E-state index contributed by atoms with van der Waals surface area (Å²) < 4.78 is 15.0. The van der Waals surface area contributed by atoms with Crippen molar-refractivity contribution in [3.05, 3.63) is 23.3 Å². The van der Waals surface area contributed by atoms with E-state index in [1.54, 1.807) is 13.8 Å². The number of benzene rings is 1. The zero-order chi connectivity index (χ0) is 10.9. The standard InChI is InChI=1S/C8H12NO4P/c1-5-3-7(13-14(10,11)12)4-6(2)8(5)9/h3-4H,9H2,1-2H3,(H2,10,11,12). The Bertz CT molecular complexity index is 375. The lowest BCUT2D eigenvalue weighted by molar-refractivity contribution is 0.283. The predicted octanol–water partition coefficient (Wildman–Crippen LogP) is 1.36. The Morgan fingerprint density at radius 2 is 1.71 bits per heavy atom. The minimum absolute atomic E-state index is 0.127. The Kier molecular flexibility index (Phi) is 2.85. The Hall–Kier alpha value is -1.03. The van der Waals surface area contributed by atoms with E-state index < -0.39 is 7.82 Å². The third-order valence-electron chi connectivity index (χ3n) is 1.79. The molecule has 0 saturated heterocycles. The summed E-state index contributed by atoms with van der Waals surface area (Å²) in [5.41, 5.74) is 7.73. The Balaban J connectivity index is 3.08. The van der Waals surface area contributed by atoms with Crippen LogP contribution in [-0.4, -0.2) is 9.79 Å². The van der Waals surface area contributed by atoms with Gasteiger partial charge in [0.05, 0.1) is 0 Å². The van der Waals surface area contributed by atoms with Crippen LogP contribution in [0.1, 0.15) is 11.1 Å². The summed E-state index contributed by atoms with van der Waals surface area (Å²) in [7, 11) is -4.48. The molecule has 6 heteroatoms. The summed E-state index contributed by atoms with van der Waals surface area (Å²) in [5, 5.41) is 0. The van der Waals surface area contributed by atoms with Crippen LogP contribution in [0.3, 0.4) is 0 Å². The SMILES string of the molecule is Cc1cc(OP(=O)(O)O)cc(C)c1N. The molecule has 0 heterocycles. The van der Waals surface area contributed by atoms with Crippen molar-refractivity contribution in [3.63, 3.8) is 0 Å². The first kappa shape index (κ1) is 11.0. The van der Waals surface area contributed by atoms with E-state index >= 15 is 0 Å². The van der Waals surface area contributed by atoms with Crippen molar-refractivity contribution in [2.45, 2.75) is 13.8 Å². The summed E-state index contributed by atoms with van der Waals surface area (Å²) in [4.78, 5) is 17.2. The fourth-order valence-corrected chi connectivity index (χ4v) is 1.51. The number of anilines is 1. The van der Waals surface area contributed by atoms with Crippen molar-refractivity contribution in [2.75, 3.05) is 5.73 Å². The molecule has 0 aliphatic heterocycles. The topological polar surface area (TPSA) is 92.8 Å². The smallest absolute Gasteiger partial charge is 0.404 e. The van der Waals surface area contributed by atoms with Crippen molar-refractivity contribution in [2.24, 2.45) is 0 Å². The maximum Gasteiger partial charge on any atom is 0.524 e. The zero-order valence-electron chi connectivity index (χ0n) is 7.89. The van der Waals surface area contributed by atoms with Crippen LogP contribution in [-0.2, 0) is 4.57 Å². The highest BCUT2D eigenvalue weighted by molar-refractivity contribution is 7.46. The van der Waals surface area contributed by atoms with E-state index in [4.69, 9.17) is 15.5 Å². The van der Waals surface area contributed by atoms with Crippen LogP contribution in [0.4, 0.5) is 5.69 Å². The van der Waals surface area contributed by atoms with E-state index in [0.29, 0.717) is 5.69 Å². The van der Waals surface area contributed by atoms with Crippen LogP contribution in [0.5, 0.6) is 5.75 Å². The van der Waals surface area contributed by atoms with Crippen molar-refractivity contribution in [1.82, 2.24) is 0 Å². The lowest BCUT2D eigenvalue weighted by Gasteiger charge is -2.10. The first-order valence-corrected chi connectivity index (χ1v) is 5.44. The minimum atomic E-state index is -4.48. The second-order valence-electron chi connectivity index (χ2n) is 3.05. The molecule has 1 rings (SSSR count). The van der Waals surface area contributed by atoms with Gasteiger partial charge in [0, 0.05) is 5.69 Å². The van der Waals surface area contributed by atoms with Gasteiger partial charge < -0.3 is 10.3 Å². The van der Waals surface area contributed by atoms with E-state index in [9.17, 15) is 4.57 Å². The number of nitrogen functional groups attached to an aromatic ring is 1. The first-order valence-electron chi connectivity index (χ1n) is 3.91. The third-order valence-corrected chi connectivity index (χ3v) is 2.24. The van der Waals surface area contributed by atoms with Crippen molar-refractivity contribution < 1.29 is 18.9 Å². The molecule has 0 unspecified atom stereocenters. The van der Waals surface area contributed by atoms with Gasteiger partial charge >= 0.3 is 7.82 Å². The van der Waals surface area contributed by atoms with Crippen LogP contribution < -0.4 is 10.3 Å². The zero-order valence-corrected chi connectivity index (χ0v) is 8.78. The number of phosphoric ester groups is 1. The number of hydrogen-bond donors (Lipinski definition) is 3. The van der Waals surface area contributed by atoms with Crippen LogP contribution in [0.25, 0.3) is 0 Å². The lowest BCUT2D eigenvalue weighted by Crippen LogP contribution is -1.96. The summed E-state index contributed by atoms with van der Waals surface area (Å²) in [5.74, 6) is 0.127. The number of phosphoric acid groups is 1. The molecule has 0 aromatic heterocycles. The maximum absolute atomic E-state index is 10.5. The Morgan fingerprint density at radius 3 is 2.07 bits per heavy atom. The summed E-state index contributed by atoms with van der Waals surface area (Å²) >= 11 is 0. The van der Waals surface area contributed by atoms with Gasteiger partial charge in [-0.05, 0) is 37.1 Å². The molecule has 5 nitrogen and oxygen atoms in total. The minimum Gasteiger partial charge on any atom is -0.404 e. The quantitative estimate of drug-likeness (QED) is 0.513. The second-order valence-corrected chi connectivity index (χ2v) is 4.22. The van der Waals surface area contributed by atoms with Gasteiger partial charge in [0.2, 0.25) is 0 Å². The predicted molar refractivity (Wildman–Crippen MR) is 53.0 cm³/mol. The molecule has 1 aromatic rings. The summed E-state index contributed by atoms with van der Waals surface area (Å²) in [6, 6.07) is 2.98. The molecule has 0 radical (unpaired) electrons. The normalized spacial score (nSPS) is 11.4. The van der Waals surface area contributed by atoms with Crippen LogP contribution in [0.2, 0.25) is 0 Å². The van der Waals surface area contributed by atoms with Crippen LogP contribution >= 0.6 is 7.82 Å². The van der Waals surface area contributed by atoms with Gasteiger partial charge in [-0.3, -0.25) is 9.79 Å². The van der Waals surface area contributed by atoms with Gasteiger partial charge in [0.1, 0.15) is 5.75 Å². The summed E-state index contributed by atoms with van der Waals surface area (Å²) in [6.45, 7) is 3.49. The number of aryl methyl sites for hydroxylation is 2. The number of nitrogens with two attached hydrogens (primary N) is 1. The van der Waals surface area contributed by atoms with Crippen molar-refractivity contribution in [3.8, 4) is 5.75 Å². The van der Waals surface area contributed by atoms with E-state index in [-0.39, 0.29) is 5.75 Å². The van der Waals surface area contributed by atoms with Gasteiger partial charge in [0.25, 0.3) is 0 Å². The average Bonchev–Trinajstić information content (AvgIpc) is 1.96. The van der Waals surface area contributed by atoms with Crippen LogP contribution in [0.15, 0.2) is 12.1 Å². The highest BCUT2D eigenvalue weighted by atomic mass is 31.2. The van der Waals surface area contributed by atoms with E-state index in [2.05, 4.69) is 4.52 Å². The Morgan fingerprint density at radius 1 is 1.29 bits per heavy atom. The molecular weight excluding hydrogens is 205 g/mol. The van der Waals surface area contributed by atoms with Gasteiger partial charge in [-0.2, -0.15) is 0 Å².